The van der Waals surface area contributed by atoms with Gasteiger partial charge in [0.1, 0.15) is 17.0 Å². The first-order valence-corrected chi connectivity index (χ1v) is 12.0. The van der Waals surface area contributed by atoms with E-state index < -0.39 is 10.8 Å². The fraction of sp³-hybridized carbons (Fsp3) is 0.0952. The number of aryl methyl sites for hydroxylation is 1. The monoisotopic (exact) mass is 530 g/mol. The first kappa shape index (κ1) is 24.3. The SMILES string of the molecule is Cc1onc(-c2ccccc2Cl)c1C(=O)Nc1nnc(SCC(=O)Nc2ccc([N+](=O)[O-])cc2)s1. The van der Waals surface area contributed by atoms with Gasteiger partial charge in [-0.1, -0.05) is 58.1 Å². The number of carbonyl (C=O) groups is 2. The van der Waals surface area contributed by atoms with E-state index in [0.717, 1.165) is 23.1 Å². The maximum absolute atomic E-state index is 12.9. The third-order valence-corrected chi connectivity index (χ3v) is 6.84. The van der Waals surface area contributed by atoms with Gasteiger partial charge in [-0.3, -0.25) is 25.0 Å². The van der Waals surface area contributed by atoms with Crippen molar-refractivity contribution in [1.82, 2.24) is 15.4 Å². The van der Waals surface area contributed by atoms with Gasteiger partial charge in [0.25, 0.3) is 11.6 Å². The number of carbonyl (C=O) groups excluding carboxylic acids is 2. The smallest absolute Gasteiger partial charge is 0.269 e. The van der Waals surface area contributed by atoms with Crippen LogP contribution in [-0.2, 0) is 4.79 Å². The Morgan fingerprint density at radius 3 is 2.60 bits per heavy atom. The number of hydrogen-bond acceptors (Lipinski definition) is 10. The van der Waals surface area contributed by atoms with Crippen LogP contribution in [0.4, 0.5) is 16.5 Å². The summed E-state index contributed by atoms with van der Waals surface area (Å²) in [6.45, 7) is 1.62. The highest BCUT2D eigenvalue weighted by Crippen LogP contribution is 2.32. The molecule has 0 bridgehead atoms. The highest BCUT2D eigenvalue weighted by Gasteiger charge is 2.24. The van der Waals surface area contributed by atoms with Crippen molar-refractivity contribution in [3.63, 3.8) is 0 Å². The van der Waals surface area contributed by atoms with Crippen molar-refractivity contribution >= 4 is 63.0 Å². The highest BCUT2D eigenvalue weighted by molar-refractivity contribution is 8.01. The summed E-state index contributed by atoms with van der Waals surface area (Å²) in [4.78, 5) is 35.3. The Labute approximate surface area is 211 Å². The molecule has 0 fully saturated rings. The molecular weight excluding hydrogens is 516 g/mol. The lowest BCUT2D eigenvalue weighted by atomic mass is 10.1. The van der Waals surface area contributed by atoms with E-state index in [9.17, 15) is 19.7 Å². The van der Waals surface area contributed by atoms with Crippen molar-refractivity contribution in [3.05, 3.63) is 75.0 Å². The molecule has 0 radical (unpaired) electrons. The summed E-state index contributed by atoms with van der Waals surface area (Å²) >= 11 is 8.47. The van der Waals surface area contributed by atoms with Gasteiger partial charge in [0.15, 0.2) is 4.34 Å². The largest absolute Gasteiger partial charge is 0.360 e. The maximum Gasteiger partial charge on any atom is 0.269 e. The Hall–Kier alpha value is -3.81. The summed E-state index contributed by atoms with van der Waals surface area (Å²) in [7, 11) is 0. The van der Waals surface area contributed by atoms with E-state index in [2.05, 4.69) is 26.0 Å². The highest BCUT2D eigenvalue weighted by atomic mass is 35.5. The predicted molar refractivity (Wildman–Crippen MR) is 132 cm³/mol. The van der Waals surface area contributed by atoms with Gasteiger partial charge in [-0.25, -0.2) is 0 Å². The van der Waals surface area contributed by atoms with Crippen LogP contribution in [0.3, 0.4) is 0 Å². The summed E-state index contributed by atoms with van der Waals surface area (Å²) in [5, 5.41) is 28.6. The number of rotatable bonds is 8. The second kappa shape index (κ2) is 10.6. The van der Waals surface area contributed by atoms with Crippen molar-refractivity contribution in [3.8, 4) is 11.3 Å². The van der Waals surface area contributed by atoms with Crippen molar-refractivity contribution in [2.45, 2.75) is 11.3 Å². The number of benzene rings is 2. The average molecular weight is 531 g/mol. The Morgan fingerprint density at radius 1 is 1.14 bits per heavy atom. The number of anilines is 2. The molecule has 35 heavy (non-hydrogen) atoms. The molecule has 0 saturated heterocycles. The molecule has 0 atom stereocenters. The maximum atomic E-state index is 12.9. The number of amides is 2. The quantitative estimate of drug-likeness (QED) is 0.138. The number of nitrogens with zero attached hydrogens (tertiary/aromatic N) is 4. The van der Waals surface area contributed by atoms with E-state index in [1.807, 2.05) is 0 Å². The summed E-state index contributed by atoms with van der Waals surface area (Å²) in [5.41, 5.74) is 1.47. The van der Waals surface area contributed by atoms with Crippen LogP contribution in [0.15, 0.2) is 57.4 Å². The fourth-order valence-electron chi connectivity index (χ4n) is 2.95. The zero-order valence-electron chi connectivity index (χ0n) is 17.9. The second-order valence-corrected chi connectivity index (χ2v) is 9.52. The van der Waals surface area contributed by atoms with E-state index >= 15 is 0 Å². The van der Waals surface area contributed by atoms with Gasteiger partial charge in [0.2, 0.25) is 11.0 Å². The zero-order valence-corrected chi connectivity index (χ0v) is 20.2. The van der Waals surface area contributed by atoms with Crippen LogP contribution < -0.4 is 10.6 Å². The van der Waals surface area contributed by atoms with Gasteiger partial charge < -0.3 is 9.84 Å². The summed E-state index contributed by atoms with van der Waals surface area (Å²) in [6.07, 6.45) is 0. The molecule has 11 nitrogen and oxygen atoms in total. The number of nitro benzene ring substituents is 1. The van der Waals surface area contributed by atoms with Crippen molar-refractivity contribution < 1.29 is 19.0 Å². The lowest BCUT2D eigenvalue weighted by molar-refractivity contribution is -0.384. The number of nitro groups is 1. The van der Waals surface area contributed by atoms with Crippen molar-refractivity contribution in [1.29, 1.82) is 0 Å². The van der Waals surface area contributed by atoms with Gasteiger partial charge in [-0.2, -0.15) is 0 Å². The minimum atomic E-state index is -0.519. The van der Waals surface area contributed by atoms with Crippen molar-refractivity contribution in [2.75, 3.05) is 16.4 Å². The summed E-state index contributed by atoms with van der Waals surface area (Å²) < 4.78 is 5.68. The van der Waals surface area contributed by atoms with Crippen LogP contribution in [0.1, 0.15) is 16.1 Å². The standard InChI is InChI=1S/C21H15ClN6O5S2/c1-11-17(18(27-33-11)14-4-2-3-5-15(14)22)19(30)24-20-25-26-21(35-20)34-10-16(29)23-12-6-8-13(9-7-12)28(31)32/h2-9H,10H2,1H3,(H,23,29)(H,24,25,30). The third kappa shape index (κ3) is 5.82. The first-order valence-electron chi connectivity index (χ1n) is 9.85. The molecule has 2 aromatic carbocycles. The molecule has 0 aliphatic rings. The fourth-order valence-corrected chi connectivity index (χ4v) is 4.72. The van der Waals surface area contributed by atoms with Crippen LogP contribution in [0.5, 0.6) is 0 Å². The molecule has 0 aliphatic heterocycles. The molecule has 14 heteroatoms. The minimum Gasteiger partial charge on any atom is -0.360 e. The Bertz CT molecular complexity index is 1410. The van der Waals surface area contributed by atoms with E-state index in [0.29, 0.717) is 32.1 Å². The molecule has 4 aromatic rings. The van der Waals surface area contributed by atoms with Crippen LogP contribution in [0.2, 0.25) is 5.02 Å². The number of thioether (sulfide) groups is 1. The minimum absolute atomic E-state index is 0.0288. The molecule has 0 aliphatic carbocycles. The van der Waals surface area contributed by atoms with Gasteiger partial charge in [0, 0.05) is 23.4 Å². The first-order chi connectivity index (χ1) is 16.8. The molecule has 2 aromatic heterocycles. The topological polar surface area (TPSA) is 153 Å². The number of hydrogen-bond donors (Lipinski definition) is 2. The molecular formula is C21H15ClN6O5S2. The summed E-state index contributed by atoms with van der Waals surface area (Å²) in [5.74, 6) is -0.461. The molecule has 0 unspecified atom stereocenters. The van der Waals surface area contributed by atoms with E-state index in [1.165, 1.54) is 24.3 Å². The molecule has 0 spiro atoms. The average Bonchev–Trinajstić information content (AvgIpc) is 3.44. The number of nitrogens with one attached hydrogen (secondary N) is 2. The predicted octanol–water partition coefficient (Wildman–Crippen LogP) is 5.05. The van der Waals surface area contributed by atoms with E-state index in [-0.39, 0.29) is 28.0 Å². The lowest BCUT2D eigenvalue weighted by Crippen LogP contribution is -2.13. The molecule has 2 N–H and O–H groups in total. The number of aromatic nitrogens is 3. The van der Waals surface area contributed by atoms with Crippen molar-refractivity contribution in [2.24, 2.45) is 0 Å². The van der Waals surface area contributed by atoms with Gasteiger partial charge in [-0.15, -0.1) is 10.2 Å². The van der Waals surface area contributed by atoms with Crippen LogP contribution >= 0.6 is 34.7 Å². The zero-order chi connectivity index (χ0) is 24.9. The number of halogens is 1. The van der Waals surface area contributed by atoms with Crippen LogP contribution in [0, 0.1) is 17.0 Å². The molecule has 0 saturated carbocycles. The number of non-ortho nitro benzene ring substituents is 1. The third-order valence-electron chi connectivity index (χ3n) is 4.53. The van der Waals surface area contributed by atoms with Crippen LogP contribution in [0.25, 0.3) is 11.3 Å². The van der Waals surface area contributed by atoms with Gasteiger partial charge >= 0.3 is 0 Å². The van der Waals surface area contributed by atoms with E-state index in [4.69, 9.17) is 16.1 Å². The Morgan fingerprint density at radius 2 is 1.89 bits per heavy atom. The second-order valence-electron chi connectivity index (χ2n) is 6.91. The van der Waals surface area contributed by atoms with Gasteiger partial charge in [-0.05, 0) is 25.1 Å². The molecule has 4 rings (SSSR count). The van der Waals surface area contributed by atoms with Crippen LogP contribution in [-0.4, -0.2) is 37.8 Å². The Kier molecular flexibility index (Phi) is 7.39. The molecule has 2 amide bonds. The summed E-state index contributed by atoms with van der Waals surface area (Å²) in [6, 6.07) is 12.5. The molecule has 178 valence electrons. The normalized spacial score (nSPS) is 10.7. The lowest BCUT2D eigenvalue weighted by Gasteiger charge is -2.04. The van der Waals surface area contributed by atoms with E-state index in [1.54, 1.807) is 31.2 Å². The Balaban J connectivity index is 1.36. The van der Waals surface area contributed by atoms with Gasteiger partial charge in [0.05, 0.1) is 15.7 Å². The molecule has 2 heterocycles.